The van der Waals surface area contributed by atoms with Gasteiger partial charge >= 0.3 is 0 Å². The molecule has 4 nitrogen and oxygen atoms in total. The van der Waals surface area contributed by atoms with E-state index in [0.29, 0.717) is 13.2 Å². The Labute approximate surface area is 107 Å². The van der Waals surface area contributed by atoms with Gasteiger partial charge in [-0.25, -0.2) is 13.2 Å². The van der Waals surface area contributed by atoms with E-state index in [9.17, 15) is 18.0 Å². The van der Waals surface area contributed by atoms with Crippen LogP contribution in [0.4, 0.5) is 13.2 Å². The zero-order valence-corrected chi connectivity index (χ0v) is 9.92. The van der Waals surface area contributed by atoms with E-state index >= 15 is 0 Å². The average molecular weight is 275 g/mol. The Balaban J connectivity index is 1.93. The molecule has 7 heteroatoms. The highest BCUT2D eigenvalue weighted by molar-refractivity contribution is 5.80. The molecule has 19 heavy (non-hydrogen) atoms. The monoisotopic (exact) mass is 275 g/mol. The highest BCUT2D eigenvalue weighted by Gasteiger charge is 2.22. The standard InChI is InChI=1S/C12H12F3NO3/c13-8-3-7(4-9(14)11(8)15)5-16-12(17)10-6-18-1-2-19-10/h3-4,10H,1-2,5-6H2,(H,16,17)/t10-/m0/s1. The Hall–Kier alpha value is -1.60. The number of hydrogen-bond acceptors (Lipinski definition) is 3. The van der Waals surface area contributed by atoms with Crippen LogP contribution >= 0.6 is 0 Å². The van der Waals surface area contributed by atoms with Gasteiger partial charge in [-0.15, -0.1) is 0 Å². The van der Waals surface area contributed by atoms with Crippen LogP contribution < -0.4 is 5.32 Å². The number of benzene rings is 1. The summed E-state index contributed by atoms with van der Waals surface area (Å²) < 4.78 is 48.8. The number of nitrogens with one attached hydrogen (secondary N) is 1. The number of hydrogen-bond donors (Lipinski definition) is 1. The van der Waals surface area contributed by atoms with Gasteiger partial charge in [-0.1, -0.05) is 0 Å². The maximum Gasteiger partial charge on any atom is 0.251 e. The molecular weight excluding hydrogens is 263 g/mol. The van der Waals surface area contributed by atoms with Crippen LogP contribution in [-0.4, -0.2) is 31.8 Å². The van der Waals surface area contributed by atoms with Gasteiger partial charge in [0, 0.05) is 6.54 Å². The van der Waals surface area contributed by atoms with Crippen molar-refractivity contribution in [2.45, 2.75) is 12.6 Å². The second-order valence-electron chi connectivity index (χ2n) is 4.03. The smallest absolute Gasteiger partial charge is 0.251 e. The Morgan fingerprint density at radius 3 is 2.53 bits per heavy atom. The fourth-order valence-electron chi connectivity index (χ4n) is 1.65. The molecule has 1 aliphatic rings. The quantitative estimate of drug-likeness (QED) is 0.841. The van der Waals surface area contributed by atoms with Crippen molar-refractivity contribution in [1.29, 1.82) is 0 Å². The number of carbonyl (C=O) groups excluding carboxylic acids is 1. The SMILES string of the molecule is O=C(NCc1cc(F)c(F)c(F)c1)[C@@H]1COCCO1. The van der Waals surface area contributed by atoms with E-state index in [-0.39, 0.29) is 18.7 Å². The van der Waals surface area contributed by atoms with Gasteiger partial charge in [0.25, 0.3) is 5.91 Å². The number of carbonyl (C=O) groups is 1. The number of rotatable bonds is 3. The minimum absolute atomic E-state index is 0.118. The maximum atomic E-state index is 12.9. The molecule has 0 spiro atoms. The molecule has 1 aliphatic heterocycles. The molecule has 0 saturated carbocycles. The predicted octanol–water partition coefficient (Wildman–Crippen LogP) is 1.14. The van der Waals surface area contributed by atoms with E-state index in [0.717, 1.165) is 12.1 Å². The third kappa shape index (κ3) is 3.45. The van der Waals surface area contributed by atoms with Crippen LogP contribution in [0.3, 0.4) is 0 Å². The normalized spacial score (nSPS) is 19.2. The first-order valence-electron chi connectivity index (χ1n) is 5.68. The number of halogens is 3. The van der Waals surface area contributed by atoms with Crippen LogP contribution in [-0.2, 0) is 20.8 Å². The zero-order valence-electron chi connectivity index (χ0n) is 9.92. The first kappa shape index (κ1) is 13.8. The van der Waals surface area contributed by atoms with Crippen LogP contribution in [0.2, 0.25) is 0 Å². The summed E-state index contributed by atoms with van der Waals surface area (Å²) in [5, 5.41) is 2.44. The Kier molecular flexibility index (Phi) is 4.39. The molecule has 1 aromatic carbocycles. The van der Waals surface area contributed by atoms with Gasteiger partial charge in [-0.2, -0.15) is 0 Å². The molecule has 1 fully saturated rings. The molecular formula is C12H12F3NO3. The van der Waals surface area contributed by atoms with Crippen LogP contribution in [0, 0.1) is 17.5 Å². The summed E-state index contributed by atoms with van der Waals surface area (Å²) in [6.45, 7) is 0.765. The molecule has 0 radical (unpaired) electrons. The maximum absolute atomic E-state index is 12.9. The third-order valence-electron chi connectivity index (χ3n) is 2.62. The van der Waals surface area contributed by atoms with Crippen molar-refractivity contribution in [3.8, 4) is 0 Å². The summed E-state index contributed by atoms with van der Waals surface area (Å²) in [6, 6.07) is 1.66. The van der Waals surface area contributed by atoms with Gasteiger partial charge in [-0.3, -0.25) is 4.79 Å². The van der Waals surface area contributed by atoms with Crippen LogP contribution in [0.15, 0.2) is 12.1 Å². The van der Waals surface area contributed by atoms with Crippen molar-refractivity contribution in [3.63, 3.8) is 0 Å². The van der Waals surface area contributed by atoms with Crippen molar-refractivity contribution < 1.29 is 27.4 Å². The summed E-state index contributed by atoms with van der Waals surface area (Å²) in [5.74, 6) is -4.55. The van der Waals surface area contributed by atoms with Crippen molar-refractivity contribution >= 4 is 5.91 Å². The van der Waals surface area contributed by atoms with E-state index in [4.69, 9.17) is 9.47 Å². The van der Waals surface area contributed by atoms with Crippen molar-refractivity contribution in [2.24, 2.45) is 0 Å². The van der Waals surface area contributed by atoms with Gasteiger partial charge in [-0.05, 0) is 17.7 Å². The summed E-state index contributed by atoms with van der Waals surface area (Å²) in [5.41, 5.74) is 0.126. The Bertz CT molecular complexity index is 452. The van der Waals surface area contributed by atoms with Crippen molar-refractivity contribution in [1.82, 2.24) is 5.32 Å². The van der Waals surface area contributed by atoms with E-state index in [2.05, 4.69) is 5.32 Å². The third-order valence-corrected chi connectivity index (χ3v) is 2.62. The summed E-state index contributed by atoms with van der Waals surface area (Å²) in [7, 11) is 0. The zero-order chi connectivity index (χ0) is 13.8. The van der Waals surface area contributed by atoms with E-state index in [1.54, 1.807) is 0 Å². The van der Waals surface area contributed by atoms with Crippen molar-refractivity contribution in [2.75, 3.05) is 19.8 Å². The molecule has 0 aromatic heterocycles. The lowest BCUT2D eigenvalue weighted by atomic mass is 10.2. The Morgan fingerprint density at radius 2 is 1.95 bits per heavy atom. The first-order valence-corrected chi connectivity index (χ1v) is 5.68. The van der Waals surface area contributed by atoms with Gasteiger partial charge in [0.15, 0.2) is 23.6 Å². The van der Waals surface area contributed by atoms with Gasteiger partial charge in [0.1, 0.15) is 0 Å². The predicted molar refractivity (Wildman–Crippen MR) is 58.7 cm³/mol. The lowest BCUT2D eigenvalue weighted by molar-refractivity contribution is -0.147. The van der Waals surface area contributed by atoms with E-state index < -0.39 is 29.5 Å². The minimum Gasteiger partial charge on any atom is -0.376 e. The summed E-state index contributed by atoms with van der Waals surface area (Å²) in [6.07, 6.45) is -0.733. The van der Waals surface area contributed by atoms with E-state index in [1.807, 2.05) is 0 Å². The molecule has 0 bridgehead atoms. The van der Waals surface area contributed by atoms with Gasteiger partial charge in [0.05, 0.1) is 19.8 Å². The first-order chi connectivity index (χ1) is 9.08. The molecule has 1 aromatic rings. The van der Waals surface area contributed by atoms with Crippen LogP contribution in [0.1, 0.15) is 5.56 Å². The molecule has 1 saturated heterocycles. The number of ether oxygens (including phenoxy) is 2. The lowest BCUT2D eigenvalue weighted by Crippen LogP contribution is -2.42. The van der Waals surface area contributed by atoms with Crippen molar-refractivity contribution in [3.05, 3.63) is 35.1 Å². The molecule has 104 valence electrons. The number of amides is 1. The largest absolute Gasteiger partial charge is 0.376 e. The fourth-order valence-corrected chi connectivity index (χ4v) is 1.65. The average Bonchev–Trinajstić information content (AvgIpc) is 2.43. The molecule has 0 aliphatic carbocycles. The molecule has 1 atom stereocenters. The van der Waals surface area contributed by atoms with Gasteiger partial charge in [0.2, 0.25) is 0 Å². The lowest BCUT2D eigenvalue weighted by Gasteiger charge is -2.22. The molecule has 2 rings (SSSR count). The molecule has 1 heterocycles. The summed E-state index contributed by atoms with van der Waals surface area (Å²) >= 11 is 0. The topological polar surface area (TPSA) is 47.6 Å². The fraction of sp³-hybridized carbons (Fsp3) is 0.417. The van der Waals surface area contributed by atoms with Crippen LogP contribution in [0.25, 0.3) is 0 Å². The highest BCUT2D eigenvalue weighted by atomic mass is 19.2. The molecule has 1 amide bonds. The van der Waals surface area contributed by atoms with E-state index in [1.165, 1.54) is 0 Å². The van der Waals surface area contributed by atoms with Gasteiger partial charge < -0.3 is 14.8 Å². The van der Waals surface area contributed by atoms with Crippen LogP contribution in [0.5, 0.6) is 0 Å². The molecule has 0 unspecified atom stereocenters. The highest BCUT2D eigenvalue weighted by Crippen LogP contribution is 2.13. The summed E-state index contributed by atoms with van der Waals surface area (Å²) in [4.78, 5) is 11.6. The second-order valence-corrected chi connectivity index (χ2v) is 4.03. The molecule has 1 N–H and O–H groups in total. The minimum atomic E-state index is -1.53. The second kappa shape index (κ2) is 6.03. The Morgan fingerprint density at radius 1 is 1.26 bits per heavy atom.